The summed E-state index contributed by atoms with van der Waals surface area (Å²) in [5.74, 6) is 0. The summed E-state index contributed by atoms with van der Waals surface area (Å²) in [6.45, 7) is 12.3. The van der Waals surface area contributed by atoms with Gasteiger partial charge in [-0.2, -0.15) is 0 Å². The molecule has 2 heterocycles. The summed E-state index contributed by atoms with van der Waals surface area (Å²) in [5.41, 5.74) is 1.21. The quantitative estimate of drug-likeness (QED) is 0.872. The Morgan fingerprint density at radius 2 is 2.20 bits per heavy atom. The van der Waals surface area contributed by atoms with Crippen LogP contribution in [0.5, 0.6) is 0 Å². The normalized spacial score (nSPS) is 20.8. The van der Waals surface area contributed by atoms with Crippen molar-refractivity contribution in [2.75, 3.05) is 13.1 Å². The van der Waals surface area contributed by atoms with Gasteiger partial charge in [0, 0.05) is 36.5 Å². The molecule has 1 aliphatic heterocycles. The van der Waals surface area contributed by atoms with E-state index in [1.165, 1.54) is 47.9 Å². The van der Waals surface area contributed by atoms with Crippen LogP contribution in [0.25, 0.3) is 0 Å². The fourth-order valence-corrected chi connectivity index (χ4v) is 3.79. The van der Waals surface area contributed by atoms with E-state index in [0.29, 0.717) is 6.04 Å². The molecule has 1 aromatic rings. The van der Waals surface area contributed by atoms with Gasteiger partial charge in [0.25, 0.3) is 0 Å². The van der Waals surface area contributed by atoms with Gasteiger partial charge in [-0.15, -0.1) is 11.3 Å². The number of likely N-dealkylation sites (tertiary alicyclic amines) is 1. The van der Waals surface area contributed by atoms with E-state index in [0.717, 1.165) is 19.0 Å². The zero-order valence-corrected chi connectivity index (χ0v) is 14.2. The first-order chi connectivity index (χ1) is 9.56. The Morgan fingerprint density at radius 3 is 2.90 bits per heavy atom. The molecule has 4 heteroatoms. The minimum Gasteiger partial charge on any atom is -0.310 e. The summed E-state index contributed by atoms with van der Waals surface area (Å²) in [6.07, 6.45) is 5.24. The monoisotopic (exact) mass is 295 g/mol. The Kier molecular flexibility index (Phi) is 6.00. The second-order valence-electron chi connectivity index (χ2n) is 6.28. The first kappa shape index (κ1) is 15.9. The maximum atomic E-state index is 4.75. The van der Waals surface area contributed by atoms with E-state index in [2.05, 4.69) is 37.9 Å². The van der Waals surface area contributed by atoms with E-state index in [-0.39, 0.29) is 0 Å². The smallest absolute Gasteiger partial charge is 0.0944 e. The van der Waals surface area contributed by atoms with Gasteiger partial charge in [0.15, 0.2) is 0 Å². The lowest BCUT2D eigenvalue weighted by atomic mass is 10.0. The van der Waals surface area contributed by atoms with Gasteiger partial charge in [-0.1, -0.05) is 20.3 Å². The number of aryl methyl sites for hydroxylation is 1. The SMILES string of the molecule is Cc1nc(CCN2CCCCC2C)sc1CNC(C)C. The molecule has 114 valence electrons. The molecule has 1 fully saturated rings. The van der Waals surface area contributed by atoms with Crippen LogP contribution in [0, 0.1) is 6.92 Å². The molecular formula is C16H29N3S. The van der Waals surface area contributed by atoms with E-state index < -0.39 is 0 Å². The Morgan fingerprint density at radius 1 is 1.40 bits per heavy atom. The molecule has 0 radical (unpaired) electrons. The number of hydrogen-bond donors (Lipinski definition) is 1. The maximum absolute atomic E-state index is 4.75. The largest absolute Gasteiger partial charge is 0.310 e. The zero-order chi connectivity index (χ0) is 14.5. The fraction of sp³-hybridized carbons (Fsp3) is 0.812. The molecule has 1 saturated heterocycles. The number of aromatic nitrogens is 1. The molecule has 1 unspecified atom stereocenters. The number of nitrogens with zero attached hydrogens (tertiary/aromatic N) is 2. The first-order valence-electron chi connectivity index (χ1n) is 7.99. The molecule has 1 aromatic heterocycles. The Hall–Kier alpha value is -0.450. The van der Waals surface area contributed by atoms with Crippen LogP contribution in [-0.2, 0) is 13.0 Å². The highest BCUT2D eigenvalue weighted by atomic mass is 32.1. The molecule has 0 aromatic carbocycles. The highest BCUT2D eigenvalue weighted by molar-refractivity contribution is 7.11. The second kappa shape index (κ2) is 7.53. The van der Waals surface area contributed by atoms with Gasteiger partial charge in [-0.25, -0.2) is 4.98 Å². The van der Waals surface area contributed by atoms with Crippen molar-refractivity contribution >= 4 is 11.3 Å². The van der Waals surface area contributed by atoms with Crippen molar-refractivity contribution in [2.45, 2.75) is 72.0 Å². The molecule has 1 atom stereocenters. The zero-order valence-electron chi connectivity index (χ0n) is 13.4. The van der Waals surface area contributed by atoms with E-state index in [1.807, 2.05) is 11.3 Å². The number of nitrogens with one attached hydrogen (secondary N) is 1. The van der Waals surface area contributed by atoms with E-state index in [4.69, 9.17) is 4.98 Å². The molecular weight excluding hydrogens is 266 g/mol. The van der Waals surface area contributed by atoms with Crippen molar-refractivity contribution in [1.82, 2.24) is 15.2 Å². The van der Waals surface area contributed by atoms with Crippen molar-refractivity contribution in [3.63, 3.8) is 0 Å². The lowest BCUT2D eigenvalue weighted by Gasteiger charge is -2.33. The number of thiazole rings is 1. The third-order valence-corrected chi connectivity index (χ3v) is 5.38. The summed E-state index contributed by atoms with van der Waals surface area (Å²) in [7, 11) is 0. The first-order valence-corrected chi connectivity index (χ1v) is 8.80. The van der Waals surface area contributed by atoms with Crippen LogP contribution in [0.1, 0.15) is 55.6 Å². The van der Waals surface area contributed by atoms with Crippen molar-refractivity contribution in [3.05, 3.63) is 15.6 Å². The van der Waals surface area contributed by atoms with Gasteiger partial charge >= 0.3 is 0 Å². The minimum absolute atomic E-state index is 0.536. The molecule has 0 aliphatic carbocycles. The number of rotatable bonds is 6. The lowest BCUT2D eigenvalue weighted by molar-refractivity contribution is 0.163. The predicted octanol–water partition coefficient (Wildman–Crippen LogP) is 3.37. The van der Waals surface area contributed by atoms with E-state index in [1.54, 1.807) is 0 Å². The molecule has 0 spiro atoms. The van der Waals surface area contributed by atoms with Crippen LogP contribution < -0.4 is 5.32 Å². The summed E-state index contributed by atoms with van der Waals surface area (Å²) in [5, 5.41) is 4.79. The molecule has 1 N–H and O–H groups in total. The van der Waals surface area contributed by atoms with Crippen LogP contribution >= 0.6 is 11.3 Å². The number of piperidine rings is 1. The molecule has 3 nitrogen and oxygen atoms in total. The average Bonchev–Trinajstić information content (AvgIpc) is 2.76. The number of hydrogen-bond acceptors (Lipinski definition) is 4. The third-order valence-electron chi connectivity index (χ3n) is 4.16. The molecule has 20 heavy (non-hydrogen) atoms. The second-order valence-corrected chi connectivity index (χ2v) is 7.45. The fourth-order valence-electron chi connectivity index (χ4n) is 2.79. The van der Waals surface area contributed by atoms with Crippen LogP contribution in [-0.4, -0.2) is 35.1 Å². The van der Waals surface area contributed by atoms with Crippen molar-refractivity contribution < 1.29 is 0 Å². The predicted molar refractivity (Wildman–Crippen MR) is 87.4 cm³/mol. The summed E-state index contributed by atoms with van der Waals surface area (Å²) < 4.78 is 0. The molecule has 0 saturated carbocycles. The lowest BCUT2D eigenvalue weighted by Crippen LogP contribution is -2.38. The Balaban J connectivity index is 1.85. The van der Waals surface area contributed by atoms with Crippen LogP contribution in [0.2, 0.25) is 0 Å². The van der Waals surface area contributed by atoms with Crippen LogP contribution in [0.4, 0.5) is 0 Å². The van der Waals surface area contributed by atoms with E-state index in [9.17, 15) is 0 Å². The topological polar surface area (TPSA) is 28.2 Å². The molecule has 0 amide bonds. The van der Waals surface area contributed by atoms with Gasteiger partial charge in [-0.3, -0.25) is 0 Å². The van der Waals surface area contributed by atoms with Crippen molar-refractivity contribution in [2.24, 2.45) is 0 Å². The highest BCUT2D eigenvalue weighted by Gasteiger charge is 2.18. The third kappa shape index (κ3) is 4.54. The molecule has 0 bridgehead atoms. The maximum Gasteiger partial charge on any atom is 0.0944 e. The van der Waals surface area contributed by atoms with Crippen LogP contribution in [0.15, 0.2) is 0 Å². The standard InChI is InChI=1S/C16H29N3S/c1-12(2)17-11-15-14(4)18-16(20-15)8-10-19-9-6-5-7-13(19)3/h12-13,17H,5-11H2,1-4H3. The Bertz CT molecular complexity index is 414. The average molecular weight is 295 g/mol. The Labute approximate surface area is 127 Å². The van der Waals surface area contributed by atoms with Gasteiger partial charge in [0.1, 0.15) is 0 Å². The van der Waals surface area contributed by atoms with E-state index >= 15 is 0 Å². The minimum atomic E-state index is 0.536. The van der Waals surface area contributed by atoms with Crippen LogP contribution in [0.3, 0.4) is 0 Å². The molecule has 1 aliphatic rings. The van der Waals surface area contributed by atoms with Gasteiger partial charge in [-0.05, 0) is 33.2 Å². The van der Waals surface area contributed by atoms with Gasteiger partial charge < -0.3 is 10.2 Å². The van der Waals surface area contributed by atoms with Crippen molar-refractivity contribution in [1.29, 1.82) is 0 Å². The summed E-state index contributed by atoms with van der Waals surface area (Å²) >= 11 is 1.89. The summed E-state index contributed by atoms with van der Waals surface area (Å²) in [6, 6.07) is 1.29. The van der Waals surface area contributed by atoms with Gasteiger partial charge in [0.05, 0.1) is 10.7 Å². The van der Waals surface area contributed by atoms with Crippen molar-refractivity contribution in [3.8, 4) is 0 Å². The molecule has 2 rings (SSSR count). The summed E-state index contributed by atoms with van der Waals surface area (Å²) in [4.78, 5) is 8.78. The highest BCUT2D eigenvalue weighted by Crippen LogP contribution is 2.21. The van der Waals surface area contributed by atoms with Gasteiger partial charge in [0.2, 0.25) is 0 Å².